The van der Waals surface area contributed by atoms with Crippen LogP contribution in [0.4, 0.5) is 0 Å². The second-order valence-corrected chi connectivity index (χ2v) is 5.66. The molecule has 1 aromatic carbocycles. The monoisotopic (exact) mass is 304 g/mol. The third kappa shape index (κ3) is 5.28. The number of benzene rings is 1. The summed E-state index contributed by atoms with van der Waals surface area (Å²) in [5.74, 6) is 0. The highest BCUT2D eigenvalue weighted by atomic mass is 35.5. The summed E-state index contributed by atoms with van der Waals surface area (Å²) in [6, 6.07) is 5.51. The first kappa shape index (κ1) is 16.7. The van der Waals surface area contributed by atoms with Gasteiger partial charge in [0.2, 0.25) is 0 Å². The molecule has 0 saturated carbocycles. The molecular weight excluding hydrogens is 283 g/mol. The van der Waals surface area contributed by atoms with Gasteiger partial charge in [0.25, 0.3) is 0 Å². The van der Waals surface area contributed by atoms with Crippen molar-refractivity contribution in [3.63, 3.8) is 0 Å². The Labute approximate surface area is 125 Å². The zero-order valence-electron chi connectivity index (χ0n) is 11.7. The Morgan fingerprint density at radius 2 is 2.00 bits per heavy atom. The number of ether oxygens (including phenoxy) is 1. The molecule has 0 aliphatic rings. The first-order chi connectivity index (χ1) is 8.95. The molecule has 0 aromatic heterocycles. The molecule has 1 atom stereocenters. The van der Waals surface area contributed by atoms with Crippen molar-refractivity contribution in [2.75, 3.05) is 26.7 Å². The van der Waals surface area contributed by atoms with E-state index in [4.69, 9.17) is 33.7 Å². The highest BCUT2D eigenvalue weighted by molar-refractivity contribution is 6.33. The Balaban J connectivity index is 2.73. The van der Waals surface area contributed by atoms with Gasteiger partial charge < -0.3 is 10.5 Å². The summed E-state index contributed by atoms with van der Waals surface area (Å²) in [7, 11) is 2.01. The maximum atomic E-state index is 6.23. The topological polar surface area (TPSA) is 38.5 Å². The van der Waals surface area contributed by atoms with Crippen LogP contribution in [-0.4, -0.2) is 37.7 Å². The SMILES string of the molecule is CC(C)OCCN(C)C(CN)c1cc(Cl)ccc1Cl. The maximum absolute atomic E-state index is 6.23. The van der Waals surface area contributed by atoms with Crippen molar-refractivity contribution in [3.8, 4) is 0 Å². The van der Waals surface area contributed by atoms with Gasteiger partial charge in [0.1, 0.15) is 0 Å². The second kappa shape index (κ2) is 8.08. The van der Waals surface area contributed by atoms with Crippen LogP contribution in [0.5, 0.6) is 0 Å². The Morgan fingerprint density at radius 1 is 1.32 bits per heavy atom. The van der Waals surface area contributed by atoms with Crippen molar-refractivity contribution in [1.29, 1.82) is 0 Å². The lowest BCUT2D eigenvalue weighted by molar-refractivity contribution is 0.0564. The number of halogens is 2. The largest absolute Gasteiger partial charge is 0.377 e. The minimum absolute atomic E-state index is 0.0435. The van der Waals surface area contributed by atoms with E-state index in [9.17, 15) is 0 Å². The van der Waals surface area contributed by atoms with Crippen LogP contribution < -0.4 is 5.73 Å². The van der Waals surface area contributed by atoms with Gasteiger partial charge in [-0.1, -0.05) is 23.2 Å². The Bertz CT molecular complexity index is 399. The van der Waals surface area contributed by atoms with Gasteiger partial charge in [-0.15, -0.1) is 0 Å². The molecule has 0 spiro atoms. The predicted octanol–water partition coefficient (Wildman–Crippen LogP) is 3.35. The van der Waals surface area contributed by atoms with E-state index >= 15 is 0 Å². The van der Waals surface area contributed by atoms with Gasteiger partial charge >= 0.3 is 0 Å². The van der Waals surface area contributed by atoms with Crippen LogP contribution in [-0.2, 0) is 4.74 Å². The average Bonchev–Trinajstić information content (AvgIpc) is 2.34. The molecule has 0 aliphatic heterocycles. The lowest BCUT2D eigenvalue weighted by Crippen LogP contribution is -2.33. The van der Waals surface area contributed by atoms with Crippen molar-refractivity contribution >= 4 is 23.2 Å². The number of nitrogens with zero attached hydrogens (tertiary/aromatic N) is 1. The molecule has 0 fully saturated rings. The number of hydrogen-bond donors (Lipinski definition) is 1. The van der Waals surface area contributed by atoms with E-state index in [1.54, 1.807) is 12.1 Å². The highest BCUT2D eigenvalue weighted by Gasteiger charge is 2.18. The van der Waals surface area contributed by atoms with Crippen LogP contribution >= 0.6 is 23.2 Å². The molecule has 0 bridgehead atoms. The first-order valence-corrected chi connectivity index (χ1v) is 7.18. The maximum Gasteiger partial charge on any atom is 0.0597 e. The quantitative estimate of drug-likeness (QED) is 0.839. The smallest absolute Gasteiger partial charge is 0.0597 e. The van der Waals surface area contributed by atoms with Crippen LogP contribution in [0.3, 0.4) is 0 Å². The van der Waals surface area contributed by atoms with Crippen molar-refractivity contribution in [3.05, 3.63) is 33.8 Å². The molecule has 19 heavy (non-hydrogen) atoms. The molecule has 0 saturated heterocycles. The molecule has 1 aromatic rings. The molecule has 2 N–H and O–H groups in total. The van der Waals surface area contributed by atoms with Gasteiger partial charge in [-0.05, 0) is 44.7 Å². The molecule has 1 rings (SSSR count). The van der Waals surface area contributed by atoms with Gasteiger partial charge in [0, 0.05) is 29.2 Å². The molecule has 0 heterocycles. The number of hydrogen-bond acceptors (Lipinski definition) is 3. The fraction of sp³-hybridized carbons (Fsp3) is 0.571. The summed E-state index contributed by atoms with van der Waals surface area (Å²) < 4.78 is 5.56. The highest BCUT2D eigenvalue weighted by Crippen LogP contribution is 2.28. The third-order valence-corrected chi connectivity index (χ3v) is 3.55. The lowest BCUT2D eigenvalue weighted by atomic mass is 10.1. The Kier molecular flexibility index (Phi) is 7.11. The second-order valence-electron chi connectivity index (χ2n) is 4.82. The fourth-order valence-electron chi connectivity index (χ4n) is 1.90. The van der Waals surface area contributed by atoms with Crippen LogP contribution in [0, 0.1) is 0 Å². The van der Waals surface area contributed by atoms with E-state index in [2.05, 4.69) is 4.90 Å². The van der Waals surface area contributed by atoms with Crippen LogP contribution in [0.2, 0.25) is 10.0 Å². The molecule has 108 valence electrons. The third-order valence-electron chi connectivity index (χ3n) is 2.97. The number of nitrogens with two attached hydrogens (primary N) is 1. The van der Waals surface area contributed by atoms with Crippen LogP contribution in [0.15, 0.2) is 18.2 Å². The minimum Gasteiger partial charge on any atom is -0.377 e. The Morgan fingerprint density at radius 3 is 2.58 bits per heavy atom. The molecule has 0 radical (unpaired) electrons. The van der Waals surface area contributed by atoms with E-state index in [1.807, 2.05) is 27.0 Å². The van der Waals surface area contributed by atoms with Crippen LogP contribution in [0.25, 0.3) is 0 Å². The van der Waals surface area contributed by atoms with Crippen LogP contribution in [0.1, 0.15) is 25.5 Å². The summed E-state index contributed by atoms with van der Waals surface area (Å²) in [6.45, 7) is 5.99. The zero-order chi connectivity index (χ0) is 14.4. The fourth-order valence-corrected chi connectivity index (χ4v) is 2.33. The van der Waals surface area contributed by atoms with Crippen molar-refractivity contribution in [1.82, 2.24) is 4.90 Å². The van der Waals surface area contributed by atoms with Crippen molar-refractivity contribution < 1.29 is 4.74 Å². The van der Waals surface area contributed by atoms with Crippen molar-refractivity contribution in [2.45, 2.75) is 26.0 Å². The standard InChI is InChI=1S/C14H22Cl2N2O/c1-10(2)19-7-6-18(3)14(9-17)12-8-11(15)4-5-13(12)16/h4-5,8,10,14H,6-7,9,17H2,1-3H3. The van der Waals surface area contributed by atoms with Gasteiger partial charge in [-0.3, -0.25) is 4.90 Å². The molecule has 1 unspecified atom stereocenters. The van der Waals surface area contributed by atoms with E-state index in [1.165, 1.54) is 0 Å². The van der Waals surface area contributed by atoms with E-state index in [0.717, 1.165) is 12.1 Å². The van der Waals surface area contributed by atoms with Gasteiger partial charge in [0.15, 0.2) is 0 Å². The average molecular weight is 305 g/mol. The van der Waals surface area contributed by atoms with Gasteiger partial charge in [-0.25, -0.2) is 0 Å². The summed E-state index contributed by atoms with van der Waals surface area (Å²) in [5, 5.41) is 1.36. The predicted molar refractivity (Wildman–Crippen MR) is 82.0 cm³/mol. The molecular formula is C14H22Cl2N2O. The van der Waals surface area contributed by atoms with E-state index < -0.39 is 0 Å². The minimum atomic E-state index is 0.0435. The number of likely N-dealkylation sites (N-methyl/N-ethyl adjacent to an activating group) is 1. The van der Waals surface area contributed by atoms with Crippen molar-refractivity contribution in [2.24, 2.45) is 5.73 Å². The lowest BCUT2D eigenvalue weighted by Gasteiger charge is -2.28. The molecule has 0 amide bonds. The number of rotatable bonds is 7. The first-order valence-electron chi connectivity index (χ1n) is 6.42. The molecule has 0 aliphatic carbocycles. The zero-order valence-corrected chi connectivity index (χ0v) is 13.2. The molecule has 3 nitrogen and oxygen atoms in total. The normalized spacial score (nSPS) is 13.3. The summed E-state index contributed by atoms with van der Waals surface area (Å²) in [6.07, 6.45) is 0.236. The Hall–Kier alpha value is -0.320. The van der Waals surface area contributed by atoms with Gasteiger partial charge in [0.05, 0.1) is 12.7 Å². The van der Waals surface area contributed by atoms with E-state index in [0.29, 0.717) is 23.2 Å². The summed E-state index contributed by atoms with van der Waals surface area (Å²) >= 11 is 12.3. The van der Waals surface area contributed by atoms with Gasteiger partial charge in [-0.2, -0.15) is 0 Å². The van der Waals surface area contributed by atoms with E-state index in [-0.39, 0.29) is 12.1 Å². The summed E-state index contributed by atoms with van der Waals surface area (Å²) in [4.78, 5) is 2.14. The molecule has 5 heteroatoms. The summed E-state index contributed by atoms with van der Waals surface area (Å²) in [5.41, 5.74) is 6.83.